The summed E-state index contributed by atoms with van der Waals surface area (Å²) < 4.78 is 0. The van der Waals surface area contributed by atoms with Crippen molar-refractivity contribution in [2.45, 2.75) is 0 Å². The van der Waals surface area contributed by atoms with Crippen molar-refractivity contribution < 1.29 is 14.4 Å². The second-order valence-corrected chi connectivity index (χ2v) is 5.84. The van der Waals surface area contributed by atoms with Crippen molar-refractivity contribution in [1.82, 2.24) is 10.6 Å². The Hall–Kier alpha value is -2.57. The summed E-state index contributed by atoms with van der Waals surface area (Å²) in [5.74, 6) is -1.38. The van der Waals surface area contributed by atoms with Crippen molar-refractivity contribution >= 4 is 46.6 Å². The van der Waals surface area contributed by atoms with Crippen molar-refractivity contribution in [3.63, 3.8) is 0 Å². The third-order valence-electron chi connectivity index (χ3n) is 3.09. The van der Waals surface area contributed by atoms with Crippen LogP contribution in [0, 0.1) is 0 Å². The molecular formula is C17H15Cl2N3O3. The predicted octanol–water partition coefficient (Wildman–Crippen LogP) is 2.48. The Bertz CT molecular complexity index is 782. The van der Waals surface area contributed by atoms with Crippen LogP contribution in [0.4, 0.5) is 5.69 Å². The molecule has 0 saturated heterocycles. The summed E-state index contributed by atoms with van der Waals surface area (Å²) >= 11 is 11.7. The zero-order valence-corrected chi connectivity index (χ0v) is 14.5. The highest BCUT2D eigenvalue weighted by atomic mass is 35.5. The zero-order valence-electron chi connectivity index (χ0n) is 13.0. The third kappa shape index (κ3) is 6.10. The summed E-state index contributed by atoms with van der Waals surface area (Å²) in [7, 11) is 0. The van der Waals surface area contributed by atoms with Gasteiger partial charge in [-0.3, -0.25) is 14.4 Å². The first kappa shape index (κ1) is 18.8. The van der Waals surface area contributed by atoms with Gasteiger partial charge in [-0.05, 0) is 30.3 Å². The van der Waals surface area contributed by atoms with Gasteiger partial charge in [0.25, 0.3) is 5.91 Å². The fourth-order valence-corrected chi connectivity index (χ4v) is 2.39. The Labute approximate surface area is 154 Å². The van der Waals surface area contributed by atoms with Gasteiger partial charge in [0.1, 0.15) is 0 Å². The summed E-state index contributed by atoms with van der Waals surface area (Å²) in [6, 6.07) is 13.3. The van der Waals surface area contributed by atoms with Crippen LogP contribution in [0.3, 0.4) is 0 Å². The summed E-state index contributed by atoms with van der Waals surface area (Å²) in [5, 5.41) is 8.06. The zero-order chi connectivity index (χ0) is 18.2. The van der Waals surface area contributed by atoms with E-state index in [1.165, 1.54) is 18.2 Å². The summed E-state index contributed by atoms with van der Waals surface area (Å²) in [4.78, 5) is 35.4. The Morgan fingerprint density at radius 3 is 2.20 bits per heavy atom. The van der Waals surface area contributed by atoms with Crippen molar-refractivity contribution in [2.75, 3.05) is 18.4 Å². The first-order chi connectivity index (χ1) is 12.0. The maximum Gasteiger partial charge on any atom is 0.253 e. The van der Waals surface area contributed by atoms with E-state index in [2.05, 4.69) is 16.0 Å². The van der Waals surface area contributed by atoms with Gasteiger partial charge in [0, 0.05) is 10.7 Å². The lowest BCUT2D eigenvalue weighted by molar-refractivity contribution is -0.123. The first-order valence-electron chi connectivity index (χ1n) is 7.30. The molecule has 130 valence electrons. The molecule has 0 unspecified atom stereocenters. The molecule has 2 rings (SSSR count). The second kappa shape index (κ2) is 9.05. The molecule has 0 saturated carbocycles. The molecule has 0 fully saturated rings. The molecule has 0 heterocycles. The number of hydrogen-bond acceptors (Lipinski definition) is 3. The lowest BCUT2D eigenvalue weighted by Crippen LogP contribution is -2.40. The number of rotatable bonds is 6. The van der Waals surface area contributed by atoms with Crippen LogP contribution < -0.4 is 16.0 Å². The summed E-state index contributed by atoms with van der Waals surface area (Å²) in [5.41, 5.74) is 0.841. The number of para-hydroxylation sites is 1. The molecule has 2 aromatic rings. The van der Waals surface area contributed by atoms with E-state index in [0.29, 0.717) is 10.7 Å². The Morgan fingerprint density at radius 2 is 1.52 bits per heavy atom. The van der Waals surface area contributed by atoms with Crippen LogP contribution in [0.1, 0.15) is 10.4 Å². The Balaban J connectivity index is 1.75. The number of anilines is 1. The minimum Gasteiger partial charge on any atom is -0.345 e. The molecule has 3 amide bonds. The fourth-order valence-electron chi connectivity index (χ4n) is 1.90. The molecule has 0 atom stereocenters. The lowest BCUT2D eigenvalue weighted by atomic mass is 10.2. The molecule has 3 N–H and O–H groups in total. The summed E-state index contributed by atoms with van der Waals surface area (Å²) in [6.07, 6.45) is 0. The molecule has 0 spiro atoms. The molecule has 2 aromatic carbocycles. The minimum atomic E-state index is -0.509. The molecule has 0 aliphatic heterocycles. The Kier molecular flexibility index (Phi) is 6.80. The van der Waals surface area contributed by atoms with Gasteiger partial charge in [-0.15, -0.1) is 0 Å². The number of hydrogen-bond donors (Lipinski definition) is 3. The van der Waals surface area contributed by atoms with Crippen molar-refractivity contribution in [1.29, 1.82) is 0 Å². The van der Waals surface area contributed by atoms with Crippen molar-refractivity contribution in [3.8, 4) is 0 Å². The van der Waals surface area contributed by atoms with E-state index >= 15 is 0 Å². The van der Waals surface area contributed by atoms with Gasteiger partial charge in [0.2, 0.25) is 11.8 Å². The molecule has 6 nitrogen and oxygen atoms in total. The van der Waals surface area contributed by atoms with E-state index in [1.54, 1.807) is 24.3 Å². The highest BCUT2D eigenvalue weighted by Crippen LogP contribution is 2.20. The lowest BCUT2D eigenvalue weighted by Gasteiger charge is -2.09. The molecule has 25 heavy (non-hydrogen) atoms. The van der Waals surface area contributed by atoms with Crippen molar-refractivity contribution in [3.05, 3.63) is 64.1 Å². The van der Waals surface area contributed by atoms with Gasteiger partial charge in [0.05, 0.1) is 23.7 Å². The molecule has 0 bridgehead atoms. The highest BCUT2D eigenvalue weighted by molar-refractivity contribution is 6.36. The normalized spacial score (nSPS) is 10.0. The number of carbonyl (C=O) groups excluding carboxylic acids is 3. The van der Waals surface area contributed by atoms with Crippen LogP contribution in [0.15, 0.2) is 48.5 Å². The molecule has 0 aliphatic rings. The Morgan fingerprint density at radius 1 is 0.840 bits per heavy atom. The standard InChI is InChI=1S/C17H15Cl2N3O3/c18-11-6-7-13(14(19)8-11)17(25)21-9-15(23)20-10-16(24)22-12-4-2-1-3-5-12/h1-8H,9-10H2,(H,20,23)(H,21,25)(H,22,24). The van der Waals surface area contributed by atoms with Crippen LogP contribution in [0.2, 0.25) is 10.0 Å². The van der Waals surface area contributed by atoms with Gasteiger partial charge >= 0.3 is 0 Å². The fraction of sp³-hybridized carbons (Fsp3) is 0.118. The SMILES string of the molecule is O=C(CNC(=O)c1ccc(Cl)cc1Cl)NCC(=O)Nc1ccccc1. The average Bonchev–Trinajstić information content (AvgIpc) is 2.58. The quantitative estimate of drug-likeness (QED) is 0.720. The van der Waals surface area contributed by atoms with Crippen LogP contribution in [0.25, 0.3) is 0 Å². The van der Waals surface area contributed by atoms with Gasteiger partial charge in [0.15, 0.2) is 0 Å². The van der Waals surface area contributed by atoms with Crippen LogP contribution >= 0.6 is 23.2 Å². The van der Waals surface area contributed by atoms with E-state index in [-0.39, 0.29) is 29.6 Å². The number of nitrogens with one attached hydrogen (secondary N) is 3. The van der Waals surface area contributed by atoms with Crippen LogP contribution in [-0.4, -0.2) is 30.8 Å². The molecule has 0 aliphatic carbocycles. The smallest absolute Gasteiger partial charge is 0.253 e. The number of carbonyl (C=O) groups is 3. The maximum atomic E-state index is 12.0. The van der Waals surface area contributed by atoms with Crippen LogP contribution in [0.5, 0.6) is 0 Å². The second-order valence-electron chi connectivity index (χ2n) is 5.00. The van der Waals surface area contributed by atoms with Gasteiger partial charge in [-0.2, -0.15) is 0 Å². The monoisotopic (exact) mass is 379 g/mol. The van der Waals surface area contributed by atoms with E-state index in [4.69, 9.17) is 23.2 Å². The van der Waals surface area contributed by atoms with Crippen molar-refractivity contribution in [2.24, 2.45) is 0 Å². The molecule has 0 radical (unpaired) electrons. The number of benzene rings is 2. The van der Waals surface area contributed by atoms with E-state index in [9.17, 15) is 14.4 Å². The van der Waals surface area contributed by atoms with E-state index in [1.807, 2.05) is 6.07 Å². The number of amides is 3. The highest BCUT2D eigenvalue weighted by Gasteiger charge is 2.12. The van der Waals surface area contributed by atoms with Gasteiger partial charge in [-0.25, -0.2) is 0 Å². The maximum absolute atomic E-state index is 12.0. The molecule has 8 heteroatoms. The molecular weight excluding hydrogens is 365 g/mol. The minimum absolute atomic E-state index is 0.188. The largest absolute Gasteiger partial charge is 0.345 e. The first-order valence-corrected chi connectivity index (χ1v) is 8.06. The average molecular weight is 380 g/mol. The van der Waals surface area contributed by atoms with Crippen LogP contribution in [-0.2, 0) is 9.59 Å². The van der Waals surface area contributed by atoms with Gasteiger partial charge in [-0.1, -0.05) is 41.4 Å². The molecule has 0 aromatic heterocycles. The third-order valence-corrected chi connectivity index (χ3v) is 3.64. The van der Waals surface area contributed by atoms with Gasteiger partial charge < -0.3 is 16.0 Å². The van der Waals surface area contributed by atoms with E-state index < -0.39 is 11.8 Å². The number of halogens is 2. The summed E-state index contributed by atoms with van der Waals surface area (Å²) in [6.45, 7) is -0.484. The topological polar surface area (TPSA) is 87.3 Å². The van der Waals surface area contributed by atoms with E-state index in [0.717, 1.165) is 0 Å². The predicted molar refractivity (Wildman–Crippen MR) is 96.9 cm³/mol.